The first-order valence-electron chi connectivity index (χ1n) is 5.35. The Hall–Kier alpha value is -2.13. The molecule has 1 aromatic rings. The van der Waals surface area contributed by atoms with Crippen LogP contribution in [-0.4, -0.2) is 36.6 Å². The predicted octanol–water partition coefficient (Wildman–Crippen LogP) is -0.783. The molecule has 1 aliphatic heterocycles. The van der Waals surface area contributed by atoms with Crippen molar-refractivity contribution in [3.8, 4) is 6.07 Å². The molecule has 0 bridgehead atoms. The van der Waals surface area contributed by atoms with Crippen molar-refractivity contribution >= 4 is 11.7 Å². The minimum atomic E-state index is -0.385. The summed E-state index contributed by atoms with van der Waals surface area (Å²) in [5, 5.41) is 11.8. The lowest BCUT2D eigenvalue weighted by molar-refractivity contribution is -0.119. The summed E-state index contributed by atoms with van der Waals surface area (Å²) in [4.78, 5) is 17.4. The highest BCUT2D eigenvalue weighted by atomic mass is 16.1. The summed E-state index contributed by atoms with van der Waals surface area (Å²) < 4.78 is 0. The number of piperazine rings is 1. The Kier molecular flexibility index (Phi) is 3.21. The zero-order valence-electron chi connectivity index (χ0n) is 9.26. The number of nitrogens with one attached hydrogen (secondary N) is 1. The molecular weight excluding hydrogens is 218 g/mol. The van der Waals surface area contributed by atoms with E-state index in [0.717, 1.165) is 6.54 Å². The van der Waals surface area contributed by atoms with Gasteiger partial charge in [-0.1, -0.05) is 0 Å². The van der Waals surface area contributed by atoms with E-state index < -0.39 is 0 Å². The van der Waals surface area contributed by atoms with Gasteiger partial charge in [-0.05, 0) is 12.1 Å². The van der Waals surface area contributed by atoms with Crippen LogP contribution in [0.3, 0.4) is 0 Å². The van der Waals surface area contributed by atoms with Crippen LogP contribution >= 0.6 is 0 Å². The number of carbonyl (C=O) groups excluding carboxylic acids is 1. The fourth-order valence-electron chi connectivity index (χ4n) is 1.85. The predicted molar refractivity (Wildman–Crippen MR) is 62.2 cm³/mol. The Balaban J connectivity index is 2.24. The average Bonchev–Trinajstić information content (AvgIpc) is 2.39. The van der Waals surface area contributed by atoms with E-state index in [4.69, 9.17) is 11.0 Å². The lowest BCUT2D eigenvalue weighted by Crippen LogP contribution is -2.57. The van der Waals surface area contributed by atoms with Crippen LogP contribution < -0.4 is 16.0 Å². The lowest BCUT2D eigenvalue weighted by Gasteiger charge is -2.35. The highest BCUT2D eigenvalue weighted by Gasteiger charge is 2.27. The highest BCUT2D eigenvalue weighted by Crippen LogP contribution is 2.15. The van der Waals surface area contributed by atoms with E-state index in [9.17, 15) is 4.79 Å². The summed E-state index contributed by atoms with van der Waals surface area (Å²) in [6.07, 6.45) is 1.50. The van der Waals surface area contributed by atoms with E-state index in [1.54, 1.807) is 12.1 Å². The van der Waals surface area contributed by atoms with Crippen LogP contribution in [0.1, 0.15) is 5.56 Å². The van der Waals surface area contributed by atoms with E-state index in [1.807, 2.05) is 11.0 Å². The van der Waals surface area contributed by atoms with Gasteiger partial charge in [0.15, 0.2) is 0 Å². The van der Waals surface area contributed by atoms with Gasteiger partial charge in [0.1, 0.15) is 17.9 Å². The third-order valence-electron chi connectivity index (χ3n) is 2.74. The third kappa shape index (κ3) is 2.34. The van der Waals surface area contributed by atoms with Gasteiger partial charge in [0, 0.05) is 25.8 Å². The minimum Gasteiger partial charge on any atom is -0.368 e. The van der Waals surface area contributed by atoms with Crippen LogP contribution in [0.2, 0.25) is 0 Å². The molecule has 1 aliphatic rings. The first kappa shape index (κ1) is 11.4. The number of primary amides is 1. The van der Waals surface area contributed by atoms with Gasteiger partial charge in [-0.3, -0.25) is 4.79 Å². The summed E-state index contributed by atoms with van der Waals surface area (Å²) in [7, 11) is 0. The second-order valence-electron chi connectivity index (χ2n) is 3.83. The molecule has 2 heterocycles. The standard InChI is InChI=1S/C11H13N5O/c12-5-8-1-2-10(15-6-8)16-4-3-14-7-9(16)11(13)17/h1-2,6,9,14H,3-4,7H2,(H2,13,17). The number of pyridine rings is 1. The van der Waals surface area contributed by atoms with Crippen LogP contribution in [0.5, 0.6) is 0 Å². The fraction of sp³-hybridized carbons (Fsp3) is 0.364. The Bertz CT molecular complexity index is 450. The Labute approximate surface area is 99.0 Å². The van der Waals surface area contributed by atoms with Crippen molar-refractivity contribution in [3.63, 3.8) is 0 Å². The number of anilines is 1. The first-order chi connectivity index (χ1) is 8.22. The quantitative estimate of drug-likeness (QED) is 0.696. The molecule has 0 radical (unpaired) electrons. The molecule has 6 nitrogen and oxygen atoms in total. The van der Waals surface area contributed by atoms with Crippen molar-refractivity contribution in [3.05, 3.63) is 23.9 Å². The molecule has 1 fully saturated rings. The number of amides is 1. The van der Waals surface area contributed by atoms with Gasteiger partial charge in [-0.15, -0.1) is 0 Å². The smallest absolute Gasteiger partial charge is 0.241 e. The van der Waals surface area contributed by atoms with Crippen molar-refractivity contribution in [1.82, 2.24) is 10.3 Å². The molecule has 1 amide bonds. The molecular formula is C11H13N5O. The minimum absolute atomic E-state index is 0.372. The van der Waals surface area contributed by atoms with Gasteiger partial charge >= 0.3 is 0 Å². The Morgan fingerprint density at radius 3 is 3.06 bits per heavy atom. The number of hydrogen-bond acceptors (Lipinski definition) is 5. The summed E-state index contributed by atoms with van der Waals surface area (Å²) in [6.45, 7) is 1.98. The van der Waals surface area contributed by atoms with Crippen molar-refractivity contribution in [1.29, 1.82) is 5.26 Å². The van der Waals surface area contributed by atoms with Crippen LogP contribution in [0.15, 0.2) is 18.3 Å². The maximum Gasteiger partial charge on any atom is 0.241 e. The fourth-order valence-corrected chi connectivity index (χ4v) is 1.85. The lowest BCUT2D eigenvalue weighted by atomic mass is 10.1. The van der Waals surface area contributed by atoms with Crippen molar-refractivity contribution in [2.45, 2.75) is 6.04 Å². The number of hydrogen-bond donors (Lipinski definition) is 2. The van der Waals surface area contributed by atoms with Gasteiger partial charge in [0.05, 0.1) is 5.56 Å². The maximum atomic E-state index is 11.3. The molecule has 1 atom stereocenters. The van der Waals surface area contributed by atoms with Crippen LogP contribution in [0.25, 0.3) is 0 Å². The molecule has 6 heteroatoms. The van der Waals surface area contributed by atoms with Crippen molar-refractivity contribution in [2.75, 3.05) is 24.5 Å². The highest BCUT2D eigenvalue weighted by molar-refractivity contribution is 5.83. The van der Waals surface area contributed by atoms with E-state index in [-0.39, 0.29) is 11.9 Å². The third-order valence-corrected chi connectivity index (χ3v) is 2.74. The zero-order valence-corrected chi connectivity index (χ0v) is 9.26. The SMILES string of the molecule is N#Cc1ccc(N2CCNCC2C(N)=O)nc1. The molecule has 1 unspecified atom stereocenters. The number of carbonyl (C=O) groups is 1. The summed E-state index contributed by atoms with van der Waals surface area (Å²) in [6, 6.07) is 5.04. The first-order valence-corrected chi connectivity index (χ1v) is 5.35. The Morgan fingerprint density at radius 1 is 1.65 bits per heavy atom. The summed E-state index contributed by atoms with van der Waals surface area (Å²) in [5.41, 5.74) is 5.85. The number of nitriles is 1. The monoisotopic (exact) mass is 231 g/mol. The maximum absolute atomic E-state index is 11.3. The average molecular weight is 231 g/mol. The van der Waals surface area contributed by atoms with Gasteiger partial charge in [0.2, 0.25) is 5.91 Å². The molecule has 2 rings (SSSR count). The van der Waals surface area contributed by atoms with E-state index >= 15 is 0 Å². The van der Waals surface area contributed by atoms with Gasteiger partial charge < -0.3 is 16.0 Å². The van der Waals surface area contributed by atoms with Crippen LogP contribution in [0.4, 0.5) is 5.82 Å². The van der Waals surface area contributed by atoms with Crippen LogP contribution in [0, 0.1) is 11.3 Å². The van der Waals surface area contributed by atoms with Crippen molar-refractivity contribution < 1.29 is 4.79 Å². The van der Waals surface area contributed by atoms with Gasteiger partial charge in [0.25, 0.3) is 0 Å². The van der Waals surface area contributed by atoms with E-state index in [1.165, 1.54) is 6.20 Å². The molecule has 88 valence electrons. The van der Waals surface area contributed by atoms with Gasteiger partial charge in [-0.2, -0.15) is 5.26 Å². The summed E-state index contributed by atoms with van der Waals surface area (Å²) in [5.74, 6) is 0.303. The molecule has 0 spiro atoms. The van der Waals surface area contributed by atoms with Crippen LogP contribution in [-0.2, 0) is 4.79 Å². The largest absolute Gasteiger partial charge is 0.368 e. The summed E-state index contributed by atoms with van der Waals surface area (Å²) >= 11 is 0. The number of aromatic nitrogens is 1. The molecule has 1 saturated heterocycles. The second kappa shape index (κ2) is 4.80. The van der Waals surface area contributed by atoms with E-state index in [0.29, 0.717) is 24.5 Å². The Morgan fingerprint density at radius 2 is 2.47 bits per heavy atom. The molecule has 1 aromatic heterocycles. The number of rotatable bonds is 2. The molecule has 0 saturated carbocycles. The molecule has 17 heavy (non-hydrogen) atoms. The van der Waals surface area contributed by atoms with Gasteiger partial charge in [-0.25, -0.2) is 4.98 Å². The molecule has 0 aliphatic carbocycles. The molecule has 0 aromatic carbocycles. The normalized spacial score (nSPS) is 19.7. The second-order valence-corrected chi connectivity index (χ2v) is 3.83. The number of nitrogens with two attached hydrogens (primary N) is 1. The van der Waals surface area contributed by atoms with Crippen molar-refractivity contribution in [2.24, 2.45) is 5.73 Å². The van der Waals surface area contributed by atoms with E-state index in [2.05, 4.69) is 10.3 Å². The molecule has 3 N–H and O–H groups in total. The zero-order chi connectivity index (χ0) is 12.3. The number of nitrogens with zero attached hydrogens (tertiary/aromatic N) is 3. The topological polar surface area (TPSA) is 95.0 Å².